The summed E-state index contributed by atoms with van der Waals surface area (Å²) in [4.78, 5) is 9.23. The fourth-order valence-electron chi connectivity index (χ4n) is 3.76. The Morgan fingerprint density at radius 1 is 1.45 bits per heavy atom. The number of rotatable bonds is 13. The van der Waals surface area contributed by atoms with Crippen molar-refractivity contribution in [2.75, 3.05) is 6.54 Å². The fraction of sp³-hybridized carbons (Fsp3) is 0.708. The van der Waals surface area contributed by atoms with E-state index < -0.39 is 6.17 Å². The second-order valence-corrected chi connectivity index (χ2v) is 11.3. The molecule has 164 valence electrons. The van der Waals surface area contributed by atoms with Crippen LogP contribution in [0.2, 0.25) is 0 Å². The summed E-state index contributed by atoms with van der Waals surface area (Å²) in [5, 5.41) is 8.70. The summed E-state index contributed by atoms with van der Waals surface area (Å²) in [6.45, 7) is 14.8. The molecule has 0 amide bonds. The third-order valence-corrected chi connectivity index (χ3v) is 5.88. The van der Waals surface area contributed by atoms with Crippen molar-refractivity contribution in [1.82, 2.24) is 0 Å². The van der Waals surface area contributed by atoms with Gasteiger partial charge in [0.25, 0.3) is 0 Å². The van der Waals surface area contributed by atoms with E-state index in [1.165, 1.54) is 6.42 Å². The van der Waals surface area contributed by atoms with Gasteiger partial charge in [-0.3, -0.25) is 9.98 Å². The van der Waals surface area contributed by atoms with Crippen LogP contribution in [0, 0.1) is 11.3 Å². The van der Waals surface area contributed by atoms with Crippen molar-refractivity contribution in [3.8, 4) is 0 Å². The van der Waals surface area contributed by atoms with Crippen LogP contribution in [0.5, 0.6) is 0 Å². The molecule has 3 atom stereocenters. The molecular weight excluding hydrogens is 476 g/mol. The highest BCUT2D eigenvalue weighted by Gasteiger charge is 2.27. The van der Waals surface area contributed by atoms with Crippen molar-refractivity contribution in [2.24, 2.45) is 15.9 Å². The van der Waals surface area contributed by atoms with Crippen molar-refractivity contribution in [3.63, 3.8) is 0 Å². The zero-order chi connectivity index (χ0) is 22.0. The van der Waals surface area contributed by atoms with Gasteiger partial charge in [-0.2, -0.15) is 0 Å². The second kappa shape index (κ2) is 12.8. The van der Waals surface area contributed by atoms with E-state index in [2.05, 4.69) is 68.8 Å². The summed E-state index contributed by atoms with van der Waals surface area (Å²) < 4.78 is 13.5. The van der Waals surface area contributed by atoms with Gasteiger partial charge in [-0.15, -0.1) is 0 Å². The number of aliphatic imine (C=N–C) groups is 2. The average molecular weight is 515 g/mol. The van der Waals surface area contributed by atoms with Crippen molar-refractivity contribution in [1.29, 1.82) is 5.41 Å². The monoisotopic (exact) mass is 515 g/mol. The zero-order valence-corrected chi connectivity index (χ0v) is 21.1. The van der Waals surface area contributed by atoms with E-state index in [1.54, 1.807) is 12.2 Å². The molecular formula is C24H39FIN3. The number of halogens is 2. The number of hydrogen-bond donors (Lipinski definition) is 1. The Kier molecular flexibility index (Phi) is 11.5. The second-order valence-electron chi connectivity index (χ2n) is 8.57. The minimum Gasteiger partial charge on any atom is -0.303 e. The Hall–Kier alpha value is -0.850. The summed E-state index contributed by atoms with van der Waals surface area (Å²) in [7, 11) is 0. The standard InChI is InChI=1S/C24H39FIN3/c1-7-11-18(8-2)14-21(27)23(24(5,6)26)29-17(4)12-10-13-19-15-20(25)16-28-22(19)9-3/h9,15,17-18,20,27H,3,7-8,10-14,16H2,1-2,4-6H3/t17-,18?,20?/m0/s1. The van der Waals surface area contributed by atoms with E-state index in [4.69, 9.17) is 10.4 Å². The van der Waals surface area contributed by atoms with Crippen LogP contribution in [-0.4, -0.2) is 39.3 Å². The molecule has 0 aromatic heterocycles. The molecule has 2 unspecified atom stereocenters. The summed E-state index contributed by atoms with van der Waals surface area (Å²) >= 11 is 2.40. The summed E-state index contributed by atoms with van der Waals surface area (Å²) in [5.74, 6) is 0.565. The minimum absolute atomic E-state index is 0.139. The molecule has 5 heteroatoms. The van der Waals surface area contributed by atoms with E-state index in [9.17, 15) is 4.39 Å². The van der Waals surface area contributed by atoms with Crippen molar-refractivity contribution >= 4 is 39.7 Å². The molecule has 0 fully saturated rings. The number of nitrogens with one attached hydrogen (secondary N) is 1. The van der Waals surface area contributed by atoms with E-state index in [1.807, 2.05) is 0 Å². The van der Waals surface area contributed by atoms with E-state index in [0.29, 0.717) is 11.6 Å². The Bertz CT molecular complexity index is 643. The maximum atomic E-state index is 13.6. The maximum absolute atomic E-state index is 13.6. The number of dihydropyridines is 1. The lowest BCUT2D eigenvalue weighted by Gasteiger charge is -2.24. The van der Waals surface area contributed by atoms with Gasteiger partial charge in [0.1, 0.15) is 6.17 Å². The van der Waals surface area contributed by atoms with Crippen LogP contribution >= 0.6 is 22.6 Å². The van der Waals surface area contributed by atoms with E-state index in [0.717, 1.165) is 55.5 Å². The largest absolute Gasteiger partial charge is 0.303 e. The van der Waals surface area contributed by atoms with Gasteiger partial charge >= 0.3 is 0 Å². The molecule has 0 aromatic rings. The molecule has 1 rings (SSSR count). The molecule has 0 saturated carbocycles. The van der Waals surface area contributed by atoms with E-state index in [-0.39, 0.29) is 16.0 Å². The SMILES string of the molecule is C=CC1=NCC(F)C=C1CCC[C@H](C)N=C(C(=N)CC(CC)CCC)C(C)(C)I. The molecule has 1 N–H and O–H groups in total. The van der Waals surface area contributed by atoms with Crippen molar-refractivity contribution < 1.29 is 4.39 Å². The first-order valence-electron chi connectivity index (χ1n) is 11.0. The molecule has 1 heterocycles. The van der Waals surface area contributed by atoms with Gasteiger partial charge in [0.15, 0.2) is 0 Å². The lowest BCUT2D eigenvalue weighted by atomic mass is 9.90. The smallest absolute Gasteiger partial charge is 0.138 e. The highest BCUT2D eigenvalue weighted by Crippen LogP contribution is 2.25. The fourth-order valence-corrected chi connectivity index (χ4v) is 4.22. The van der Waals surface area contributed by atoms with Crippen LogP contribution in [-0.2, 0) is 0 Å². The molecule has 0 saturated heterocycles. The third-order valence-electron chi connectivity index (χ3n) is 5.37. The van der Waals surface area contributed by atoms with Crippen LogP contribution < -0.4 is 0 Å². The van der Waals surface area contributed by atoms with Crippen LogP contribution in [0.3, 0.4) is 0 Å². The van der Waals surface area contributed by atoms with Gasteiger partial charge < -0.3 is 5.41 Å². The Balaban J connectivity index is 2.75. The predicted molar refractivity (Wildman–Crippen MR) is 135 cm³/mol. The van der Waals surface area contributed by atoms with Crippen LogP contribution in [0.25, 0.3) is 0 Å². The molecule has 0 radical (unpaired) electrons. The van der Waals surface area contributed by atoms with Gasteiger partial charge in [0.05, 0.1) is 27.1 Å². The molecule has 0 aliphatic carbocycles. The molecule has 3 nitrogen and oxygen atoms in total. The van der Waals surface area contributed by atoms with Gasteiger partial charge in [-0.1, -0.05) is 62.3 Å². The normalized spacial score (nSPS) is 20.0. The molecule has 0 aromatic carbocycles. The zero-order valence-electron chi connectivity index (χ0n) is 18.9. The first-order chi connectivity index (χ1) is 13.6. The summed E-state index contributed by atoms with van der Waals surface area (Å²) in [6.07, 6.45) is 9.30. The van der Waals surface area contributed by atoms with Crippen LogP contribution in [0.1, 0.15) is 79.6 Å². The number of nitrogens with zero attached hydrogens (tertiary/aromatic N) is 2. The number of allylic oxidation sites excluding steroid dienone is 2. The molecule has 1 aliphatic rings. The molecule has 0 spiro atoms. The van der Waals surface area contributed by atoms with Crippen molar-refractivity contribution in [2.45, 2.75) is 95.2 Å². The highest BCUT2D eigenvalue weighted by molar-refractivity contribution is 14.1. The number of hydrogen-bond acceptors (Lipinski definition) is 3. The lowest BCUT2D eigenvalue weighted by molar-refractivity contribution is 0.404. The van der Waals surface area contributed by atoms with E-state index >= 15 is 0 Å². The topological polar surface area (TPSA) is 48.6 Å². The van der Waals surface area contributed by atoms with Crippen LogP contribution in [0.15, 0.2) is 34.3 Å². The Morgan fingerprint density at radius 2 is 2.14 bits per heavy atom. The van der Waals surface area contributed by atoms with Gasteiger partial charge in [-0.25, -0.2) is 4.39 Å². The van der Waals surface area contributed by atoms with Crippen LogP contribution in [0.4, 0.5) is 4.39 Å². The first-order valence-corrected chi connectivity index (χ1v) is 12.1. The number of alkyl halides is 2. The Labute approximate surface area is 191 Å². The molecule has 0 bridgehead atoms. The maximum Gasteiger partial charge on any atom is 0.138 e. The first kappa shape index (κ1) is 26.2. The van der Waals surface area contributed by atoms with Gasteiger partial charge in [0, 0.05) is 6.04 Å². The Morgan fingerprint density at radius 3 is 2.69 bits per heavy atom. The lowest BCUT2D eigenvalue weighted by Crippen LogP contribution is -2.34. The predicted octanol–water partition coefficient (Wildman–Crippen LogP) is 7.34. The highest BCUT2D eigenvalue weighted by atomic mass is 127. The quantitative estimate of drug-likeness (QED) is 0.152. The summed E-state index contributed by atoms with van der Waals surface area (Å²) in [5.41, 5.74) is 3.40. The third kappa shape index (κ3) is 9.22. The molecule has 29 heavy (non-hydrogen) atoms. The molecule has 1 aliphatic heterocycles. The average Bonchev–Trinajstić information content (AvgIpc) is 2.64. The summed E-state index contributed by atoms with van der Waals surface area (Å²) in [6, 6.07) is 0.139. The minimum atomic E-state index is -0.981. The van der Waals surface area contributed by atoms with Gasteiger partial charge in [0.2, 0.25) is 0 Å². The van der Waals surface area contributed by atoms with Crippen molar-refractivity contribution in [3.05, 3.63) is 24.3 Å². The van der Waals surface area contributed by atoms with Gasteiger partial charge in [-0.05, 0) is 70.1 Å².